The van der Waals surface area contributed by atoms with Gasteiger partial charge in [0.2, 0.25) is 0 Å². The highest BCUT2D eigenvalue weighted by molar-refractivity contribution is 7.87. The molecule has 0 amide bonds. The number of hydrogen-bond acceptors (Lipinski definition) is 6. The number of ether oxygens (including phenoxy) is 2. The predicted octanol–water partition coefficient (Wildman–Crippen LogP) is 6.12. The fourth-order valence-corrected chi connectivity index (χ4v) is 3.94. The molecular weight excluding hydrogens is 432 g/mol. The van der Waals surface area contributed by atoms with Crippen LogP contribution in [-0.4, -0.2) is 36.8 Å². The first-order valence-electron chi connectivity index (χ1n) is 12.3. The number of carbonyl (C=O) groups is 2. The summed E-state index contributed by atoms with van der Waals surface area (Å²) in [5, 5.41) is -1.98. The molecule has 32 heavy (non-hydrogen) atoms. The third-order valence-corrected chi connectivity index (χ3v) is 6.33. The molecule has 0 aliphatic rings. The monoisotopic (exact) mass is 476 g/mol. The Bertz CT molecular complexity index is 614. The molecule has 0 aromatic rings. The summed E-state index contributed by atoms with van der Waals surface area (Å²) in [4.78, 5) is 23.6. The average molecular weight is 477 g/mol. The van der Waals surface area contributed by atoms with Gasteiger partial charge >= 0.3 is 11.9 Å². The van der Waals surface area contributed by atoms with Crippen molar-refractivity contribution in [2.75, 3.05) is 6.61 Å². The van der Waals surface area contributed by atoms with Crippen molar-refractivity contribution >= 4 is 22.1 Å². The fourth-order valence-electron chi connectivity index (χ4n) is 3.29. The van der Waals surface area contributed by atoms with Crippen molar-refractivity contribution in [3.63, 3.8) is 0 Å². The lowest BCUT2D eigenvalue weighted by Gasteiger charge is -2.11. The van der Waals surface area contributed by atoms with E-state index in [9.17, 15) is 22.6 Å². The predicted molar refractivity (Wildman–Crippen MR) is 127 cm³/mol. The molecule has 0 aliphatic carbocycles. The zero-order chi connectivity index (χ0) is 24.1. The van der Waals surface area contributed by atoms with Crippen LogP contribution in [0.25, 0.3) is 0 Å². The van der Waals surface area contributed by atoms with Gasteiger partial charge in [-0.1, -0.05) is 97.3 Å². The van der Waals surface area contributed by atoms with Gasteiger partial charge in [-0.25, -0.2) is 0 Å². The van der Waals surface area contributed by atoms with E-state index in [1.54, 1.807) is 6.92 Å². The van der Waals surface area contributed by atoms with E-state index >= 15 is 0 Å². The molecule has 0 heterocycles. The van der Waals surface area contributed by atoms with Gasteiger partial charge in [0.1, 0.15) is 0 Å². The number of rotatable bonds is 21. The summed E-state index contributed by atoms with van der Waals surface area (Å²) < 4.78 is 41.6. The van der Waals surface area contributed by atoms with E-state index in [2.05, 4.69) is 11.7 Å². The molecular formula is C24H44O7S. The molecule has 0 radical (unpaired) electrons. The Morgan fingerprint density at radius 2 is 1.28 bits per heavy atom. The summed E-state index contributed by atoms with van der Waals surface area (Å²) in [7, 11) is -4.77. The molecule has 0 rings (SSSR count). The zero-order valence-corrected chi connectivity index (χ0v) is 20.9. The van der Waals surface area contributed by atoms with E-state index in [0.29, 0.717) is 12.8 Å². The number of hydrogen-bond donors (Lipinski definition) is 1. The minimum absolute atomic E-state index is 0.167. The lowest BCUT2D eigenvalue weighted by molar-refractivity contribution is -0.147. The van der Waals surface area contributed by atoms with Gasteiger partial charge < -0.3 is 9.47 Å². The maximum atomic E-state index is 11.8. The molecule has 0 aliphatic heterocycles. The van der Waals surface area contributed by atoms with Crippen LogP contribution < -0.4 is 0 Å². The Balaban J connectivity index is 3.76. The van der Waals surface area contributed by atoms with E-state index in [4.69, 9.17) is 4.74 Å². The van der Waals surface area contributed by atoms with Crippen LogP contribution in [0.2, 0.25) is 0 Å². The Morgan fingerprint density at radius 1 is 0.812 bits per heavy atom. The van der Waals surface area contributed by atoms with E-state index < -0.39 is 33.7 Å². The van der Waals surface area contributed by atoms with Crippen molar-refractivity contribution in [2.45, 2.75) is 122 Å². The highest BCUT2D eigenvalue weighted by Gasteiger charge is 2.35. The van der Waals surface area contributed by atoms with Gasteiger partial charge in [0.15, 0.2) is 5.25 Å². The lowest BCUT2D eigenvalue weighted by atomic mass is 10.0. The van der Waals surface area contributed by atoms with Gasteiger partial charge in [0.05, 0.1) is 19.3 Å². The molecule has 0 saturated heterocycles. The van der Waals surface area contributed by atoms with Crippen molar-refractivity contribution in [3.05, 3.63) is 12.3 Å². The molecule has 1 N–H and O–H groups in total. The van der Waals surface area contributed by atoms with Crippen LogP contribution in [0.1, 0.15) is 117 Å². The van der Waals surface area contributed by atoms with Gasteiger partial charge in [-0.15, -0.1) is 0 Å². The Kier molecular flexibility index (Phi) is 19.3. The van der Waals surface area contributed by atoms with Crippen molar-refractivity contribution in [3.8, 4) is 0 Å². The molecule has 0 saturated carbocycles. The minimum Gasteiger partial charge on any atom is -0.466 e. The van der Waals surface area contributed by atoms with Crippen LogP contribution in [0.4, 0.5) is 0 Å². The first-order valence-corrected chi connectivity index (χ1v) is 13.8. The number of carbonyl (C=O) groups excluding carboxylic acids is 2. The summed E-state index contributed by atoms with van der Waals surface area (Å²) in [6, 6.07) is 0. The first kappa shape index (κ1) is 30.6. The van der Waals surface area contributed by atoms with Gasteiger partial charge in [-0.3, -0.25) is 14.1 Å². The molecule has 188 valence electrons. The van der Waals surface area contributed by atoms with Crippen LogP contribution in [0.15, 0.2) is 12.3 Å². The van der Waals surface area contributed by atoms with E-state index in [1.165, 1.54) is 70.3 Å². The van der Waals surface area contributed by atoms with Crippen LogP contribution in [0.3, 0.4) is 0 Å². The Hall–Kier alpha value is -1.41. The van der Waals surface area contributed by atoms with Crippen molar-refractivity contribution in [1.29, 1.82) is 0 Å². The lowest BCUT2D eigenvalue weighted by Crippen LogP contribution is -2.33. The number of allylic oxidation sites excluding steroid dienone is 1. The second-order valence-electron chi connectivity index (χ2n) is 8.24. The van der Waals surface area contributed by atoms with E-state index in [1.807, 2.05) is 0 Å². The van der Waals surface area contributed by atoms with Crippen LogP contribution in [0, 0.1) is 0 Å². The molecule has 0 aromatic heterocycles. The topological polar surface area (TPSA) is 107 Å². The largest absolute Gasteiger partial charge is 0.466 e. The molecule has 1 unspecified atom stereocenters. The van der Waals surface area contributed by atoms with Crippen molar-refractivity contribution < 1.29 is 32.0 Å². The highest BCUT2D eigenvalue weighted by atomic mass is 32.2. The Labute approximate surface area is 195 Å². The highest BCUT2D eigenvalue weighted by Crippen LogP contribution is 2.13. The van der Waals surface area contributed by atoms with E-state index in [-0.39, 0.29) is 6.61 Å². The summed E-state index contributed by atoms with van der Waals surface area (Å²) in [5.41, 5.74) is 0. The molecule has 8 heteroatoms. The van der Waals surface area contributed by atoms with E-state index in [0.717, 1.165) is 25.5 Å². The standard InChI is InChI=1S/C24H44O7S/c1-3-5-7-8-9-10-11-12-13-14-15-16-17-18-20-30-23(25)21-22(32(27,28)29)24(26)31-19-6-4-2/h6,19,22H,3-5,7-18,20-21H2,1-2H3,(H,27,28,29)/b19-6+. The normalized spacial score (nSPS) is 12.7. The maximum Gasteiger partial charge on any atom is 0.332 e. The third-order valence-electron chi connectivity index (χ3n) is 5.25. The second kappa shape index (κ2) is 20.2. The van der Waals surface area contributed by atoms with Gasteiger partial charge in [0.25, 0.3) is 10.1 Å². The van der Waals surface area contributed by atoms with Crippen LogP contribution in [-0.2, 0) is 29.2 Å². The molecule has 0 fully saturated rings. The zero-order valence-electron chi connectivity index (χ0n) is 20.1. The van der Waals surface area contributed by atoms with Crippen LogP contribution >= 0.6 is 0 Å². The smallest absolute Gasteiger partial charge is 0.332 e. The fraction of sp³-hybridized carbons (Fsp3) is 0.833. The van der Waals surface area contributed by atoms with Crippen molar-refractivity contribution in [1.82, 2.24) is 0 Å². The summed E-state index contributed by atoms with van der Waals surface area (Å²) in [5.74, 6) is -2.05. The van der Waals surface area contributed by atoms with Crippen LogP contribution in [0.5, 0.6) is 0 Å². The number of unbranched alkanes of at least 4 members (excludes halogenated alkanes) is 13. The second-order valence-corrected chi connectivity index (χ2v) is 9.84. The Morgan fingerprint density at radius 3 is 1.72 bits per heavy atom. The van der Waals surface area contributed by atoms with Crippen molar-refractivity contribution in [2.24, 2.45) is 0 Å². The third kappa shape index (κ3) is 18.2. The number of esters is 2. The minimum atomic E-state index is -4.77. The molecule has 0 bridgehead atoms. The average Bonchev–Trinajstić information content (AvgIpc) is 2.74. The maximum absolute atomic E-state index is 11.8. The SMILES string of the molecule is CC/C=C/OC(=O)C(CC(=O)OCCCCCCCCCCCCCCCC)S(=O)(=O)O. The molecule has 7 nitrogen and oxygen atoms in total. The summed E-state index contributed by atoms with van der Waals surface area (Å²) >= 11 is 0. The molecule has 0 aromatic carbocycles. The molecule has 1 atom stereocenters. The summed E-state index contributed by atoms with van der Waals surface area (Å²) in [6.07, 6.45) is 19.4. The first-order chi connectivity index (χ1) is 15.3. The summed E-state index contributed by atoms with van der Waals surface area (Å²) in [6.45, 7) is 4.21. The molecule has 0 spiro atoms. The van der Waals surface area contributed by atoms with Gasteiger partial charge in [-0.2, -0.15) is 8.42 Å². The van der Waals surface area contributed by atoms with Gasteiger partial charge in [-0.05, 0) is 18.9 Å². The van der Waals surface area contributed by atoms with Gasteiger partial charge in [0, 0.05) is 0 Å². The quantitative estimate of drug-likeness (QED) is 0.0919.